The van der Waals surface area contributed by atoms with Crippen LogP contribution in [0.5, 0.6) is 0 Å². The number of fused-ring (bicyclic) bond motifs is 1. The predicted molar refractivity (Wildman–Crippen MR) is 138 cm³/mol. The fraction of sp³-hybridized carbons (Fsp3) is 0.227. The largest absolute Gasteiger partial charge is 0.390 e. The van der Waals surface area contributed by atoms with Gasteiger partial charge in [0.25, 0.3) is 10.0 Å². The van der Waals surface area contributed by atoms with Gasteiger partial charge >= 0.3 is 0 Å². The average Bonchev–Trinajstić information content (AvgIpc) is 3.42. The summed E-state index contributed by atoms with van der Waals surface area (Å²) in [5.74, 6) is -0.0899. The van der Waals surface area contributed by atoms with Gasteiger partial charge in [-0.3, -0.25) is 9.52 Å². The third kappa shape index (κ3) is 5.32. The molecule has 0 radical (unpaired) electrons. The van der Waals surface area contributed by atoms with Crippen molar-refractivity contribution < 1.29 is 13.2 Å². The summed E-state index contributed by atoms with van der Waals surface area (Å²) in [6.45, 7) is 1.54. The maximum atomic E-state index is 12.7. The van der Waals surface area contributed by atoms with Crippen molar-refractivity contribution in [1.82, 2.24) is 14.6 Å². The van der Waals surface area contributed by atoms with Crippen molar-refractivity contribution in [3.63, 3.8) is 0 Å². The summed E-state index contributed by atoms with van der Waals surface area (Å²) in [6, 6.07) is 14.0. The molecular formula is C22H23ClN6O3S2. The first-order valence-electron chi connectivity index (χ1n) is 10.5. The summed E-state index contributed by atoms with van der Waals surface area (Å²) in [7, 11) is -3.84. The van der Waals surface area contributed by atoms with Crippen LogP contribution in [0.2, 0.25) is 5.02 Å². The standard InChI is InChI=1S/C22H23ClN6O3S2/c23-19-3-1-2-15-8-10-29(21(15)19)13-20(30)26-16-9-11-28(12-16)17-4-6-18(7-5-17)34(31,32)27-22(33)25-14-24/h1-8,10,14,16H,9,11-13H2,(H,26,30)(H3,24,25,27,33)/t16-/m1/s1. The molecule has 4 N–H and O–H groups in total. The normalized spacial score (nSPS) is 16.3. The first-order valence-corrected chi connectivity index (χ1v) is 12.7. The van der Waals surface area contributed by atoms with E-state index in [1.165, 1.54) is 12.1 Å². The molecule has 0 bridgehead atoms. The van der Waals surface area contributed by atoms with Crippen molar-refractivity contribution in [3.05, 3.63) is 59.8 Å². The molecule has 3 aromatic rings. The van der Waals surface area contributed by atoms with E-state index in [2.05, 4.69) is 19.9 Å². The highest BCUT2D eigenvalue weighted by molar-refractivity contribution is 7.91. The summed E-state index contributed by atoms with van der Waals surface area (Å²) in [4.78, 5) is 18.4. The number of hydrogen-bond donors (Lipinski definition) is 3. The van der Waals surface area contributed by atoms with E-state index in [1.54, 1.807) is 12.1 Å². The molecular weight excluding hydrogens is 496 g/mol. The number of hydrogen-bond acceptors (Lipinski definition) is 5. The number of sulfonamides is 1. The van der Waals surface area contributed by atoms with Crippen LogP contribution in [-0.4, -0.2) is 49.5 Å². The third-order valence-electron chi connectivity index (χ3n) is 5.53. The number of carbonyl (C=O) groups excluding carboxylic acids is 1. The highest BCUT2D eigenvalue weighted by Gasteiger charge is 2.25. The van der Waals surface area contributed by atoms with Gasteiger partial charge in [-0.25, -0.2) is 13.4 Å². The van der Waals surface area contributed by atoms with Gasteiger partial charge < -0.3 is 20.5 Å². The number of carbonyl (C=O) groups is 1. The highest BCUT2D eigenvalue weighted by Crippen LogP contribution is 2.25. The van der Waals surface area contributed by atoms with Crippen molar-refractivity contribution in [3.8, 4) is 0 Å². The third-order valence-corrected chi connectivity index (χ3v) is 7.53. The molecule has 34 heavy (non-hydrogen) atoms. The summed E-state index contributed by atoms with van der Waals surface area (Å²) in [6.07, 6.45) is 3.56. The number of rotatable bonds is 6. The summed E-state index contributed by atoms with van der Waals surface area (Å²) >= 11 is 11.1. The molecule has 0 spiro atoms. The van der Waals surface area contributed by atoms with Crippen LogP contribution in [0.1, 0.15) is 6.42 Å². The number of para-hydroxylation sites is 1. The number of anilines is 1. The molecule has 178 valence electrons. The predicted octanol–water partition coefficient (Wildman–Crippen LogP) is 2.24. The first-order chi connectivity index (χ1) is 16.3. The van der Waals surface area contributed by atoms with Crippen LogP contribution in [0.4, 0.5) is 5.69 Å². The lowest BCUT2D eigenvalue weighted by atomic mass is 10.2. The number of aromatic nitrogens is 1. The van der Waals surface area contributed by atoms with E-state index in [9.17, 15) is 13.2 Å². The van der Waals surface area contributed by atoms with Crippen LogP contribution in [0, 0.1) is 0 Å². The second kappa shape index (κ2) is 10.00. The monoisotopic (exact) mass is 518 g/mol. The maximum Gasteiger partial charge on any atom is 0.263 e. The van der Waals surface area contributed by atoms with E-state index >= 15 is 0 Å². The minimum atomic E-state index is -3.84. The van der Waals surface area contributed by atoms with Crippen molar-refractivity contribution in [2.24, 2.45) is 10.7 Å². The van der Waals surface area contributed by atoms with E-state index in [-0.39, 0.29) is 28.5 Å². The summed E-state index contributed by atoms with van der Waals surface area (Å²) in [5, 5.41) is 4.44. The van der Waals surface area contributed by atoms with Gasteiger partial charge in [0.1, 0.15) is 6.54 Å². The lowest BCUT2D eigenvalue weighted by Gasteiger charge is -2.19. The number of amides is 1. The molecule has 12 heteroatoms. The molecule has 1 atom stereocenters. The number of aliphatic imine (C=N–C) groups is 1. The number of nitrogens with two attached hydrogens (primary N) is 1. The van der Waals surface area contributed by atoms with Crippen molar-refractivity contribution >= 4 is 67.8 Å². The minimum Gasteiger partial charge on any atom is -0.390 e. The molecule has 0 aliphatic carbocycles. The zero-order valence-corrected chi connectivity index (χ0v) is 20.4. The van der Waals surface area contributed by atoms with Gasteiger partial charge in [-0.05, 0) is 55.0 Å². The van der Waals surface area contributed by atoms with Crippen LogP contribution in [0.25, 0.3) is 10.9 Å². The van der Waals surface area contributed by atoms with Gasteiger partial charge in [0.2, 0.25) is 11.0 Å². The van der Waals surface area contributed by atoms with Crippen LogP contribution >= 0.6 is 23.8 Å². The zero-order valence-electron chi connectivity index (χ0n) is 18.0. The molecule has 1 saturated heterocycles. The number of benzene rings is 2. The first kappa shape index (κ1) is 24.0. The van der Waals surface area contributed by atoms with E-state index < -0.39 is 10.0 Å². The molecule has 1 fully saturated rings. The molecule has 1 amide bonds. The highest BCUT2D eigenvalue weighted by atomic mass is 35.5. The average molecular weight is 519 g/mol. The summed E-state index contributed by atoms with van der Waals surface area (Å²) < 4.78 is 28.8. The topological polar surface area (TPSA) is 122 Å². The Bertz CT molecular complexity index is 1350. The van der Waals surface area contributed by atoms with E-state index in [0.29, 0.717) is 11.6 Å². The van der Waals surface area contributed by atoms with Crippen molar-refractivity contribution in [2.75, 3.05) is 18.0 Å². The van der Waals surface area contributed by atoms with Crippen molar-refractivity contribution in [1.29, 1.82) is 0 Å². The van der Waals surface area contributed by atoms with E-state index in [1.807, 2.05) is 35.0 Å². The molecule has 1 aliphatic rings. The SMILES string of the molecule is N/C=N\C(=S)NS(=O)(=O)c1ccc(N2CC[C@@H](NC(=O)Cn3ccc4cccc(Cl)c43)C2)cc1. The van der Waals surface area contributed by atoms with Gasteiger partial charge in [0.05, 0.1) is 21.8 Å². The van der Waals surface area contributed by atoms with Gasteiger partial charge in [0, 0.05) is 36.4 Å². The minimum absolute atomic E-state index is 0.0126. The molecule has 0 unspecified atom stereocenters. The van der Waals surface area contributed by atoms with Crippen LogP contribution in [-0.2, 0) is 21.4 Å². The quantitative estimate of drug-likeness (QED) is 0.261. The number of nitrogens with one attached hydrogen (secondary N) is 2. The Morgan fingerprint density at radius 2 is 2.00 bits per heavy atom. The lowest BCUT2D eigenvalue weighted by Crippen LogP contribution is -2.38. The Morgan fingerprint density at radius 1 is 1.24 bits per heavy atom. The molecule has 0 saturated carbocycles. The van der Waals surface area contributed by atoms with Gasteiger partial charge in [0.15, 0.2) is 0 Å². The van der Waals surface area contributed by atoms with Crippen molar-refractivity contribution in [2.45, 2.75) is 23.9 Å². The molecule has 2 aromatic carbocycles. The molecule has 1 aromatic heterocycles. The second-order valence-electron chi connectivity index (χ2n) is 7.80. The van der Waals surface area contributed by atoms with Gasteiger partial charge in [-0.15, -0.1) is 0 Å². The van der Waals surface area contributed by atoms with Crippen LogP contribution in [0.3, 0.4) is 0 Å². The van der Waals surface area contributed by atoms with Gasteiger partial charge in [-0.2, -0.15) is 0 Å². The Morgan fingerprint density at radius 3 is 2.74 bits per heavy atom. The van der Waals surface area contributed by atoms with Gasteiger partial charge in [-0.1, -0.05) is 23.7 Å². The number of halogens is 1. The molecule has 4 rings (SSSR count). The number of nitrogens with zero attached hydrogens (tertiary/aromatic N) is 3. The molecule has 1 aliphatic heterocycles. The van der Waals surface area contributed by atoms with E-state index in [0.717, 1.165) is 35.9 Å². The molecule has 2 heterocycles. The Balaban J connectivity index is 1.35. The Kier molecular flexibility index (Phi) is 7.05. The number of thiocarbonyl (C=S) groups is 1. The zero-order chi connectivity index (χ0) is 24.3. The Hall–Kier alpha value is -3.15. The fourth-order valence-corrected chi connectivity index (χ4v) is 5.57. The summed E-state index contributed by atoms with van der Waals surface area (Å²) in [5.41, 5.74) is 6.83. The Labute approximate surface area is 207 Å². The second-order valence-corrected chi connectivity index (χ2v) is 10.3. The molecule has 9 nitrogen and oxygen atoms in total. The fourth-order valence-electron chi connectivity index (χ4n) is 3.99. The van der Waals surface area contributed by atoms with Crippen LogP contribution in [0.15, 0.2) is 64.6 Å². The maximum absolute atomic E-state index is 12.7. The smallest absolute Gasteiger partial charge is 0.263 e. The lowest BCUT2D eigenvalue weighted by molar-refractivity contribution is -0.122. The van der Waals surface area contributed by atoms with E-state index in [4.69, 9.17) is 29.6 Å². The van der Waals surface area contributed by atoms with Crippen LogP contribution < -0.4 is 20.7 Å².